The fourth-order valence-corrected chi connectivity index (χ4v) is 5.13. The van der Waals surface area contributed by atoms with Gasteiger partial charge in [-0.05, 0) is 68.6 Å². The summed E-state index contributed by atoms with van der Waals surface area (Å²) in [5, 5.41) is 0. The molecule has 1 aromatic heterocycles. The second-order valence-electron chi connectivity index (χ2n) is 9.79. The summed E-state index contributed by atoms with van der Waals surface area (Å²) >= 11 is 0. The van der Waals surface area contributed by atoms with Gasteiger partial charge in [0.25, 0.3) is 0 Å². The van der Waals surface area contributed by atoms with Gasteiger partial charge < -0.3 is 9.47 Å². The molecule has 8 heteroatoms. The van der Waals surface area contributed by atoms with Crippen LogP contribution in [0.4, 0.5) is 13.2 Å². The Bertz CT molecular complexity index is 1240. The van der Waals surface area contributed by atoms with E-state index in [4.69, 9.17) is 9.47 Å². The highest BCUT2D eigenvalue weighted by atomic mass is 19.4. The number of aromatic nitrogens is 2. The van der Waals surface area contributed by atoms with Crippen molar-refractivity contribution < 1.29 is 22.6 Å². The summed E-state index contributed by atoms with van der Waals surface area (Å²) in [6.45, 7) is 6.87. The molecule has 0 saturated carbocycles. The first-order valence-electron chi connectivity index (χ1n) is 12.3. The highest BCUT2D eigenvalue weighted by Gasteiger charge is 2.40. The quantitative estimate of drug-likeness (QED) is 0.411. The van der Waals surface area contributed by atoms with Crippen LogP contribution in [0.1, 0.15) is 43.6 Å². The van der Waals surface area contributed by atoms with Gasteiger partial charge >= 0.3 is 6.18 Å². The number of alkyl halides is 3. The van der Waals surface area contributed by atoms with E-state index in [1.54, 1.807) is 18.2 Å². The van der Waals surface area contributed by atoms with E-state index in [0.717, 1.165) is 54.4 Å². The van der Waals surface area contributed by atoms with Crippen molar-refractivity contribution >= 4 is 5.57 Å². The van der Waals surface area contributed by atoms with E-state index in [1.165, 1.54) is 11.8 Å². The van der Waals surface area contributed by atoms with Crippen LogP contribution < -0.4 is 4.74 Å². The first-order valence-corrected chi connectivity index (χ1v) is 12.3. The van der Waals surface area contributed by atoms with E-state index in [1.807, 2.05) is 32.0 Å². The topological polar surface area (TPSA) is 39.5 Å². The lowest BCUT2D eigenvalue weighted by atomic mass is 9.90. The van der Waals surface area contributed by atoms with Crippen molar-refractivity contribution in [1.82, 2.24) is 14.5 Å². The van der Waals surface area contributed by atoms with Crippen molar-refractivity contribution in [2.45, 2.75) is 51.1 Å². The van der Waals surface area contributed by atoms with E-state index in [9.17, 15) is 13.2 Å². The molecule has 1 saturated heterocycles. The predicted octanol–water partition coefficient (Wildman–Crippen LogP) is 6.13. The maximum Gasteiger partial charge on any atom is 0.450 e. The average molecular weight is 498 g/mol. The Morgan fingerprint density at radius 3 is 2.69 bits per heavy atom. The Balaban J connectivity index is 1.46. The maximum atomic E-state index is 13.5. The Kier molecular flexibility index (Phi) is 6.66. The number of rotatable bonds is 6. The van der Waals surface area contributed by atoms with Crippen molar-refractivity contribution in [3.8, 4) is 11.4 Å². The van der Waals surface area contributed by atoms with Crippen LogP contribution >= 0.6 is 0 Å². The second-order valence-corrected chi connectivity index (χ2v) is 9.79. The first-order chi connectivity index (χ1) is 17.2. The minimum atomic E-state index is -4.55. The summed E-state index contributed by atoms with van der Waals surface area (Å²) in [6.07, 6.45) is 1.93. The van der Waals surface area contributed by atoms with Gasteiger partial charge in [0, 0.05) is 36.7 Å². The second kappa shape index (κ2) is 9.75. The monoisotopic (exact) mass is 497 g/mol. The van der Waals surface area contributed by atoms with Crippen molar-refractivity contribution in [3.05, 3.63) is 84.0 Å². The molecule has 190 valence electrons. The van der Waals surface area contributed by atoms with Gasteiger partial charge in [0.05, 0.1) is 12.7 Å². The minimum absolute atomic E-state index is 0.0819. The lowest BCUT2D eigenvalue weighted by molar-refractivity contribution is -0.145. The molecule has 1 spiro atoms. The standard InChI is InChI=1S/C28H30F3N3O2/c1-20(2)36-25-10-9-23(34-14-12-32-26(34)28(29,30)31)15-24(25)22-16-27(35-18-22)11-6-13-33(19-27)17-21-7-4-3-5-8-21/h3-5,7-10,12,14-16,20H,6,11,13,17-19H2,1-2H3. The molecular weight excluding hydrogens is 467 g/mol. The SMILES string of the molecule is CC(C)Oc1ccc(-n2ccnc2C(F)(F)F)cc1C1=CC2(CCCN(Cc3ccccc3)C2)OC1. The number of hydrogen-bond donors (Lipinski definition) is 0. The van der Waals surface area contributed by atoms with E-state index < -0.39 is 17.6 Å². The third kappa shape index (κ3) is 5.20. The number of hydrogen-bond acceptors (Lipinski definition) is 4. The Morgan fingerprint density at radius 1 is 1.14 bits per heavy atom. The van der Waals surface area contributed by atoms with E-state index in [0.29, 0.717) is 18.0 Å². The summed E-state index contributed by atoms with van der Waals surface area (Å²) in [6, 6.07) is 15.5. The third-order valence-corrected chi connectivity index (χ3v) is 6.61. The molecule has 1 atom stereocenters. The smallest absolute Gasteiger partial charge is 0.450 e. The van der Waals surface area contributed by atoms with Crippen LogP contribution in [0.3, 0.4) is 0 Å². The molecule has 2 aliphatic rings. The molecule has 0 radical (unpaired) electrons. The lowest BCUT2D eigenvalue weighted by Crippen LogP contribution is -2.46. The van der Waals surface area contributed by atoms with Crippen LogP contribution in [-0.2, 0) is 17.5 Å². The van der Waals surface area contributed by atoms with E-state index in [2.05, 4.69) is 28.1 Å². The van der Waals surface area contributed by atoms with Crippen molar-refractivity contribution in [1.29, 1.82) is 0 Å². The van der Waals surface area contributed by atoms with E-state index >= 15 is 0 Å². The largest absolute Gasteiger partial charge is 0.490 e. The van der Waals surface area contributed by atoms with Gasteiger partial charge in [0.15, 0.2) is 0 Å². The summed E-state index contributed by atoms with van der Waals surface area (Å²) in [5.74, 6) is -0.325. The zero-order valence-electron chi connectivity index (χ0n) is 20.5. The van der Waals surface area contributed by atoms with Crippen molar-refractivity contribution in [3.63, 3.8) is 0 Å². The fraction of sp³-hybridized carbons (Fsp3) is 0.393. The summed E-state index contributed by atoms with van der Waals surface area (Å²) < 4.78 is 54.0. The number of benzene rings is 2. The molecule has 2 aromatic carbocycles. The highest BCUT2D eigenvalue weighted by Crippen LogP contribution is 2.40. The molecule has 5 rings (SSSR count). The predicted molar refractivity (Wildman–Crippen MR) is 132 cm³/mol. The number of piperidine rings is 1. The fourth-order valence-electron chi connectivity index (χ4n) is 5.13. The highest BCUT2D eigenvalue weighted by molar-refractivity contribution is 5.75. The van der Waals surface area contributed by atoms with Gasteiger partial charge in [-0.3, -0.25) is 9.47 Å². The molecule has 1 fully saturated rings. The molecule has 0 bridgehead atoms. The Labute approximate surface area is 209 Å². The summed E-state index contributed by atoms with van der Waals surface area (Å²) in [7, 11) is 0. The van der Waals surface area contributed by atoms with Crippen LogP contribution in [0, 0.1) is 0 Å². The van der Waals surface area contributed by atoms with Gasteiger partial charge in [-0.25, -0.2) is 4.98 Å². The molecule has 2 aliphatic heterocycles. The Hall–Kier alpha value is -3.10. The minimum Gasteiger partial charge on any atom is -0.490 e. The average Bonchev–Trinajstić information content (AvgIpc) is 3.48. The number of halogens is 3. The van der Waals surface area contributed by atoms with Crippen LogP contribution in [0.2, 0.25) is 0 Å². The van der Waals surface area contributed by atoms with Crippen LogP contribution in [0.5, 0.6) is 5.75 Å². The maximum absolute atomic E-state index is 13.5. The van der Waals surface area contributed by atoms with Crippen LogP contribution in [0.25, 0.3) is 11.3 Å². The molecule has 0 N–H and O–H groups in total. The van der Waals surface area contributed by atoms with Crippen molar-refractivity contribution in [2.24, 2.45) is 0 Å². The lowest BCUT2D eigenvalue weighted by Gasteiger charge is -2.38. The zero-order valence-corrected chi connectivity index (χ0v) is 20.5. The molecular formula is C28H30F3N3O2. The molecule has 5 nitrogen and oxygen atoms in total. The van der Waals surface area contributed by atoms with Gasteiger partial charge in [-0.2, -0.15) is 13.2 Å². The third-order valence-electron chi connectivity index (χ3n) is 6.61. The molecule has 1 unspecified atom stereocenters. The number of likely N-dealkylation sites (tertiary alicyclic amines) is 1. The van der Waals surface area contributed by atoms with Crippen LogP contribution in [0.15, 0.2) is 67.0 Å². The van der Waals surface area contributed by atoms with Crippen molar-refractivity contribution in [2.75, 3.05) is 19.7 Å². The number of ether oxygens (including phenoxy) is 2. The van der Waals surface area contributed by atoms with E-state index in [-0.39, 0.29) is 6.10 Å². The number of nitrogens with zero attached hydrogens (tertiary/aromatic N) is 3. The normalized spacial score (nSPS) is 20.8. The first kappa shape index (κ1) is 24.6. The zero-order chi connectivity index (χ0) is 25.3. The van der Waals surface area contributed by atoms with Gasteiger partial charge in [-0.15, -0.1) is 0 Å². The summed E-state index contributed by atoms with van der Waals surface area (Å²) in [4.78, 5) is 5.94. The van der Waals surface area contributed by atoms with Gasteiger partial charge in [-0.1, -0.05) is 30.3 Å². The van der Waals surface area contributed by atoms with Gasteiger partial charge in [0.2, 0.25) is 5.82 Å². The molecule has 36 heavy (non-hydrogen) atoms. The summed E-state index contributed by atoms with van der Waals surface area (Å²) in [5.41, 5.74) is 2.90. The molecule has 3 heterocycles. The molecule has 0 aliphatic carbocycles. The van der Waals surface area contributed by atoms with Crippen LogP contribution in [-0.4, -0.2) is 45.9 Å². The molecule has 0 amide bonds. The molecule has 3 aromatic rings. The number of imidazole rings is 1. The van der Waals surface area contributed by atoms with Gasteiger partial charge in [0.1, 0.15) is 11.4 Å². The Morgan fingerprint density at radius 2 is 1.94 bits per heavy atom.